The zero-order valence-corrected chi connectivity index (χ0v) is 52.4. The number of carbonyl (C=O) groups is 1. The quantitative estimate of drug-likeness (QED) is 0.0308. The second-order valence-electron chi connectivity index (χ2n) is 24.2. The van der Waals surface area contributed by atoms with Gasteiger partial charge in [0.1, 0.15) is 12.2 Å². The summed E-state index contributed by atoms with van der Waals surface area (Å²) in [5.41, 5.74) is 0. The monoisotopic (exact) mass is 1100 g/mol. The highest BCUT2D eigenvalue weighted by atomic mass is 16.3. The van der Waals surface area contributed by atoms with Crippen LogP contribution in [0, 0.1) is 0 Å². The van der Waals surface area contributed by atoms with Crippen molar-refractivity contribution < 1.29 is 25.2 Å². The average Bonchev–Trinajstić information content (AvgIpc) is 3.45. The minimum atomic E-state index is -1.30. The summed E-state index contributed by atoms with van der Waals surface area (Å²) in [7, 11) is 0. The summed E-state index contributed by atoms with van der Waals surface area (Å²) >= 11 is 0. The van der Waals surface area contributed by atoms with Crippen molar-refractivity contribution in [3.63, 3.8) is 0 Å². The van der Waals surface area contributed by atoms with Crippen LogP contribution in [0.15, 0.2) is 48.6 Å². The van der Waals surface area contributed by atoms with Gasteiger partial charge in [-0.1, -0.05) is 332 Å². The summed E-state index contributed by atoms with van der Waals surface area (Å²) in [5, 5.41) is 44.2. The van der Waals surface area contributed by atoms with E-state index in [4.69, 9.17) is 0 Å². The minimum absolute atomic E-state index is 0.360. The van der Waals surface area contributed by atoms with Gasteiger partial charge in [-0.3, -0.25) is 4.79 Å². The van der Waals surface area contributed by atoms with Gasteiger partial charge in [-0.25, -0.2) is 0 Å². The van der Waals surface area contributed by atoms with Gasteiger partial charge in [0.05, 0.1) is 18.8 Å². The number of aliphatic hydroxyl groups is 4. The van der Waals surface area contributed by atoms with E-state index in [0.717, 1.165) is 51.4 Å². The first-order chi connectivity index (χ1) is 38.5. The number of hydrogen-bond acceptors (Lipinski definition) is 5. The smallest absolute Gasteiger partial charge is 0.249 e. The average molecular weight is 1100 g/mol. The van der Waals surface area contributed by atoms with Gasteiger partial charge in [0.25, 0.3) is 0 Å². The molecular formula is C72H137NO5. The van der Waals surface area contributed by atoms with Gasteiger partial charge in [-0.2, -0.15) is 0 Å². The fourth-order valence-corrected chi connectivity index (χ4v) is 11.0. The maximum atomic E-state index is 12.7. The van der Waals surface area contributed by atoms with Crippen molar-refractivity contribution in [2.45, 2.75) is 398 Å². The molecule has 0 radical (unpaired) electrons. The molecule has 4 atom stereocenters. The molecule has 6 nitrogen and oxygen atoms in total. The largest absolute Gasteiger partial charge is 0.394 e. The molecule has 0 heterocycles. The zero-order valence-electron chi connectivity index (χ0n) is 52.4. The molecule has 4 unspecified atom stereocenters. The van der Waals surface area contributed by atoms with Gasteiger partial charge in [-0.05, 0) is 89.9 Å². The molecular weight excluding hydrogens is 959 g/mol. The number of nitrogens with one attached hydrogen (secondary N) is 1. The second-order valence-corrected chi connectivity index (χ2v) is 24.2. The van der Waals surface area contributed by atoms with Gasteiger partial charge in [0.2, 0.25) is 5.91 Å². The van der Waals surface area contributed by atoms with Gasteiger partial charge >= 0.3 is 0 Å². The van der Waals surface area contributed by atoms with Crippen LogP contribution < -0.4 is 5.32 Å². The molecule has 0 saturated heterocycles. The first-order valence-corrected chi connectivity index (χ1v) is 35.0. The Kier molecular flexibility index (Phi) is 64.6. The van der Waals surface area contributed by atoms with Crippen molar-refractivity contribution in [1.29, 1.82) is 0 Å². The number of allylic oxidation sites excluding steroid dienone is 8. The predicted molar refractivity (Wildman–Crippen MR) is 343 cm³/mol. The summed E-state index contributed by atoms with van der Waals surface area (Å²) in [4.78, 5) is 12.7. The zero-order chi connectivity index (χ0) is 56.6. The van der Waals surface area contributed by atoms with Gasteiger partial charge in [-0.15, -0.1) is 0 Å². The molecule has 5 N–H and O–H groups in total. The lowest BCUT2D eigenvalue weighted by molar-refractivity contribution is -0.132. The normalized spacial score (nSPS) is 13.8. The highest BCUT2D eigenvalue weighted by molar-refractivity contribution is 5.80. The van der Waals surface area contributed by atoms with Crippen LogP contribution in [0.5, 0.6) is 0 Å². The number of hydrogen-bond donors (Lipinski definition) is 5. The minimum Gasteiger partial charge on any atom is -0.394 e. The molecule has 0 aromatic heterocycles. The maximum absolute atomic E-state index is 12.7. The summed E-state index contributed by atoms with van der Waals surface area (Å²) in [5.74, 6) is -0.594. The highest BCUT2D eigenvalue weighted by Gasteiger charge is 2.28. The molecule has 0 aliphatic rings. The highest BCUT2D eigenvalue weighted by Crippen LogP contribution is 2.19. The molecule has 0 aliphatic carbocycles. The third-order valence-electron chi connectivity index (χ3n) is 16.5. The molecule has 0 bridgehead atoms. The van der Waals surface area contributed by atoms with Crippen molar-refractivity contribution in [3.05, 3.63) is 48.6 Å². The molecule has 0 aliphatic heterocycles. The van der Waals surface area contributed by atoms with Crippen LogP contribution in [0.2, 0.25) is 0 Å². The standard InChI is InChI=1S/C72H137NO5/c1-3-5-7-9-11-13-15-17-19-21-23-25-27-29-31-33-34-35-36-37-38-40-42-44-46-48-50-52-54-56-58-60-62-64-66-70(76)72(78)73-68(67-74)71(77)69(75)65-63-61-59-57-55-53-51-49-47-45-43-41-39-32-30-28-26-24-22-20-18-16-14-12-10-8-6-4-2/h33-34,41,43,49,51,57,59,68-71,74-77H,3-32,35-40,42,44-48,50,52-56,58,60-67H2,1-2H3,(H,73,78)/b34-33-,43-41+,51-49+,59-57+. The van der Waals surface area contributed by atoms with Crippen LogP contribution in [-0.4, -0.2) is 57.3 Å². The molecule has 6 heteroatoms. The summed E-state index contributed by atoms with van der Waals surface area (Å²) < 4.78 is 0. The van der Waals surface area contributed by atoms with Gasteiger partial charge in [0.15, 0.2) is 0 Å². The molecule has 0 spiro atoms. The Morgan fingerprint density at radius 1 is 0.308 bits per heavy atom. The van der Waals surface area contributed by atoms with E-state index in [2.05, 4.69) is 67.8 Å². The summed E-state index contributed by atoms with van der Waals surface area (Å²) in [6, 6.07) is -1.01. The summed E-state index contributed by atoms with van der Waals surface area (Å²) in [6.07, 6.45) is 86.7. The topological polar surface area (TPSA) is 110 Å². The number of amides is 1. The Labute approximate surface area is 487 Å². The molecule has 460 valence electrons. The lowest BCUT2D eigenvalue weighted by Crippen LogP contribution is -2.53. The van der Waals surface area contributed by atoms with E-state index in [1.54, 1.807) is 0 Å². The van der Waals surface area contributed by atoms with E-state index in [1.165, 1.54) is 289 Å². The van der Waals surface area contributed by atoms with E-state index in [0.29, 0.717) is 19.3 Å². The third-order valence-corrected chi connectivity index (χ3v) is 16.5. The fraction of sp³-hybridized carbons (Fsp3) is 0.875. The van der Waals surface area contributed by atoms with E-state index in [-0.39, 0.29) is 0 Å². The number of aliphatic hydroxyl groups excluding tert-OH is 4. The summed E-state index contributed by atoms with van der Waals surface area (Å²) in [6.45, 7) is 4.09. The van der Waals surface area contributed by atoms with Crippen LogP contribution in [0.3, 0.4) is 0 Å². The van der Waals surface area contributed by atoms with Crippen molar-refractivity contribution >= 4 is 5.91 Å². The number of unbranched alkanes of at least 4 members (excludes halogenated alkanes) is 48. The van der Waals surface area contributed by atoms with Crippen LogP contribution in [0.1, 0.15) is 373 Å². The molecule has 0 rings (SSSR count). The first kappa shape index (κ1) is 76.3. The molecule has 0 fully saturated rings. The van der Waals surface area contributed by atoms with Crippen molar-refractivity contribution in [2.75, 3.05) is 6.61 Å². The first-order valence-electron chi connectivity index (χ1n) is 35.0. The van der Waals surface area contributed by atoms with Gasteiger partial charge < -0.3 is 25.7 Å². The van der Waals surface area contributed by atoms with E-state index in [1.807, 2.05) is 0 Å². The van der Waals surface area contributed by atoms with E-state index >= 15 is 0 Å². The number of carbonyl (C=O) groups excluding carboxylic acids is 1. The lowest BCUT2D eigenvalue weighted by Gasteiger charge is -2.27. The van der Waals surface area contributed by atoms with Crippen molar-refractivity contribution in [1.82, 2.24) is 5.32 Å². The molecule has 0 aromatic carbocycles. The second kappa shape index (κ2) is 66.1. The Bertz CT molecular complexity index is 1280. The Balaban J connectivity index is 3.61. The van der Waals surface area contributed by atoms with E-state index in [9.17, 15) is 25.2 Å². The fourth-order valence-electron chi connectivity index (χ4n) is 11.0. The third kappa shape index (κ3) is 58.9. The maximum Gasteiger partial charge on any atom is 0.249 e. The predicted octanol–water partition coefficient (Wildman–Crippen LogP) is 21.7. The van der Waals surface area contributed by atoms with Crippen LogP contribution in [-0.2, 0) is 4.79 Å². The molecule has 78 heavy (non-hydrogen) atoms. The van der Waals surface area contributed by atoms with Crippen molar-refractivity contribution in [3.8, 4) is 0 Å². The van der Waals surface area contributed by atoms with Crippen molar-refractivity contribution in [2.24, 2.45) is 0 Å². The molecule has 0 saturated carbocycles. The van der Waals surface area contributed by atoms with Gasteiger partial charge in [0, 0.05) is 0 Å². The van der Waals surface area contributed by atoms with E-state index < -0.39 is 36.9 Å². The van der Waals surface area contributed by atoms with Crippen LogP contribution >= 0.6 is 0 Å². The SMILES string of the molecule is CCCCCCCCCCCCCCCC/C=C\CCCCCCCCCCCCCCCCCCC(O)C(=O)NC(CO)C(O)C(O)CCC/C=C/CC/C=C/CC/C=C/CCCCCCCCCCCCCCCCC. The lowest BCUT2D eigenvalue weighted by atomic mass is 10.00. The van der Waals surface area contributed by atoms with Crippen LogP contribution in [0.25, 0.3) is 0 Å². The molecule has 0 aromatic rings. The Morgan fingerprint density at radius 3 is 0.808 bits per heavy atom. The Morgan fingerprint density at radius 2 is 0.538 bits per heavy atom. The van der Waals surface area contributed by atoms with Crippen LogP contribution in [0.4, 0.5) is 0 Å². The molecule has 1 amide bonds. The Hall–Kier alpha value is -1.73. The number of rotatable bonds is 65.